The van der Waals surface area contributed by atoms with E-state index in [1.165, 1.54) is 32.1 Å². The highest BCUT2D eigenvalue weighted by Crippen LogP contribution is 2.29. The first-order chi connectivity index (χ1) is 10.7. The molecule has 2 saturated heterocycles. The van der Waals surface area contributed by atoms with Gasteiger partial charge in [0.2, 0.25) is 5.91 Å². The monoisotopic (exact) mass is 310 g/mol. The first-order valence-corrected chi connectivity index (χ1v) is 8.89. The van der Waals surface area contributed by atoms with Crippen LogP contribution in [-0.4, -0.2) is 73.4 Å². The Bertz CT molecular complexity index is 365. The number of carbonyl (C=O) groups excluding carboxylic acids is 1. The minimum Gasteiger partial charge on any atom is -0.396 e. The van der Waals surface area contributed by atoms with Crippen LogP contribution in [0.4, 0.5) is 0 Å². The summed E-state index contributed by atoms with van der Waals surface area (Å²) in [5, 5.41) is 9.52. The normalized spacial score (nSPS) is 26.7. The zero-order chi connectivity index (χ0) is 15.4. The summed E-state index contributed by atoms with van der Waals surface area (Å²) in [4.78, 5) is 16.9. The lowest BCUT2D eigenvalue weighted by molar-refractivity contribution is -0.153. The quantitative estimate of drug-likeness (QED) is 0.826. The maximum Gasteiger partial charge on any atom is 0.222 e. The number of hydrogen-bond donors (Lipinski definition) is 1. The van der Waals surface area contributed by atoms with Gasteiger partial charge in [-0.1, -0.05) is 19.3 Å². The molecule has 0 atom stereocenters. The molecule has 22 heavy (non-hydrogen) atoms. The minimum atomic E-state index is -0.0473. The fourth-order valence-electron chi connectivity index (χ4n) is 4.02. The van der Waals surface area contributed by atoms with Gasteiger partial charge in [0.05, 0.1) is 25.2 Å². The van der Waals surface area contributed by atoms with E-state index < -0.39 is 0 Å². The molecular weight excluding hydrogens is 280 g/mol. The Morgan fingerprint density at radius 1 is 1.09 bits per heavy atom. The Morgan fingerprint density at radius 2 is 1.77 bits per heavy atom. The highest BCUT2D eigenvalue weighted by Gasteiger charge is 2.40. The van der Waals surface area contributed by atoms with Gasteiger partial charge in [0.25, 0.3) is 0 Å². The third-order valence-corrected chi connectivity index (χ3v) is 5.62. The van der Waals surface area contributed by atoms with Crippen molar-refractivity contribution in [3.8, 4) is 0 Å². The molecule has 0 spiro atoms. The summed E-state index contributed by atoms with van der Waals surface area (Å²) in [5.74, 6) is 0.986. The Kier molecular flexibility index (Phi) is 5.37. The molecule has 3 aliphatic rings. The van der Waals surface area contributed by atoms with Crippen LogP contribution < -0.4 is 0 Å². The fraction of sp³-hybridized carbons (Fsp3) is 0.941. The molecule has 0 aromatic rings. The van der Waals surface area contributed by atoms with E-state index in [1.807, 2.05) is 4.90 Å². The molecule has 5 heteroatoms. The summed E-state index contributed by atoms with van der Waals surface area (Å²) >= 11 is 0. The standard InChI is InChI=1S/C17H30N2O3/c20-12-17(13-22-14-17)11-18-6-8-19(9-7-18)16(21)10-15-4-2-1-3-5-15/h15,20H,1-14H2. The summed E-state index contributed by atoms with van der Waals surface area (Å²) in [6, 6.07) is 0. The van der Waals surface area contributed by atoms with Crippen molar-refractivity contribution < 1.29 is 14.6 Å². The maximum absolute atomic E-state index is 12.4. The van der Waals surface area contributed by atoms with E-state index in [2.05, 4.69) is 4.90 Å². The lowest BCUT2D eigenvalue weighted by Crippen LogP contribution is -2.57. The van der Waals surface area contributed by atoms with Crippen LogP contribution in [0.2, 0.25) is 0 Å². The summed E-state index contributed by atoms with van der Waals surface area (Å²) in [6.45, 7) is 5.98. The van der Waals surface area contributed by atoms with Crippen LogP contribution in [0.5, 0.6) is 0 Å². The van der Waals surface area contributed by atoms with Crippen molar-refractivity contribution in [1.29, 1.82) is 0 Å². The number of carbonyl (C=O) groups is 1. The van der Waals surface area contributed by atoms with E-state index >= 15 is 0 Å². The average Bonchev–Trinajstić information content (AvgIpc) is 2.52. The van der Waals surface area contributed by atoms with Gasteiger partial charge < -0.3 is 14.7 Å². The number of rotatable bonds is 5. The first kappa shape index (κ1) is 16.2. The van der Waals surface area contributed by atoms with Gasteiger partial charge in [-0.15, -0.1) is 0 Å². The Labute approximate surface area is 133 Å². The smallest absolute Gasteiger partial charge is 0.222 e. The molecular formula is C17H30N2O3. The largest absolute Gasteiger partial charge is 0.396 e. The maximum atomic E-state index is 12.4. The van der Waals surface area contributed by atoms with Crippen LogP contribution in [0.3, 0.4) is 0 Å². The molecule has 2 aliphatic heterocycles. The zero-order valence-corrected chi connectivity index (χ0v) is 13.6. The van der Waals surface area contributed by atoms with Crippen LogP contribution in [0.1, 0.15) is 38.5 Å². The third-order valence-electron chi connectivity index (χ3n) is 5.62. The third kappa shape index (κ3) is 3.81. The average molecular weight is 310 g/mol. The second-order valence-electron chi connectivity index (χ2n) is 7.52. The van der Waals surface area contributed by atoms with Gasteiger partial charge in [-0.25, -0.2) is 0 Å². The van der Waals surface area contributed by atoms with Crippen molar-refractivity contribution in [3.63, 3.8) is 0 Å². The van der Waals surface area contributed by atoms with Crippen molar-refractivity contribution in [2.75, 3.05) is 52.5 Å². The highest BCUT2D eigenvalue weighted by molar-refractivity contribution is 5.76. The van der Waals surface area contributed by atoms with Gasteiger partial charge in [0.1, 0.15) is 0 Å². The summed E-state index contributed by atoms with van der Waals surface area (Å²) in [5.41, 5.74) is -0.0473. The highest BCUT2D eigenvalue weighted by atomic mass is 16.5. The van der Waals surface area contributed by atoms with E-state index in [0.717, 1.165) is 39.1 Å². The molecule has 0 bridgehead atoms. The molecule has 0 aromatic heterocycles. The van der Waals surface area contributed by atoms with Gasteiger partial charge in [0, 0.05) is 39.1 Å². The summed E-state index contributed by atoms with van der Waals surface area (Å²) in [6.07, 6.45) is 7.19. The lowest BCUT2D eigenvalue weighted by atomic mass is 9.86. The van der Waals surface area contributed by atoms with Crippen molar-refractivity contribution in [1.82, 2.24) is 9.80 Å². The van der Waals surface area contributed by atoms with Crippen LogP contribution >= 0.6 is 0 Å². The molecule has 1 aliphatic carbocycles. The molecule has 3 fully saturated rings. The molecule has 0 radical (unpaired) electrons. The van der Waals surface area contributed by atoms with Crippen LogP contribution in [0.15, 0.2) is 0 Å². The fourth-order valence-corrected chi connectivity index (χ4v) is 4.02. The molecule has 126 valence electrons. The van der Waals surface area contributed by atoms with E-state index in [1.54, 1.807) is 0 Å². The molecule has 0 aromatic carbocycles. The van der Waals surface area contributed by atoms with Gasteiger partial charge in [0.15, 0.2) is 0 Å². The Hall–Kier alpha value is -0.650. The predicted molar refractivity (Wildman–Crippen MR) is 84.5 cm³/mol. The molecule has 1 saturated carbocycles. The number of nitrogens with zero attached hydrogens (tertiary/aromatic N) is 2. The predicted octanol–water partition coefficient (Wildman–Crippen LogP) is 1.11. The lowest BCUT2D eigenvalue weighted by Gasteiger charge is -2.45. The van der Waals surface area contributed by atoms with Crippen LogP contribution in [0.25, 0.3) is 0 Å². The minimum absolute atomic E-state index is 0.0473. The van der Waals surface area contributed by atoms with Crippen molar-refractivity contribution in [2.24, 2.45) is 11.3 Å². The number of amides is 1. The molecule has 1 amide bonds. The van der Waals surface area contributed by atoms with Gasteiger partial charge >= 0.3 is 0 Å². The van der Waals surface area contributed by atoms with E-state index in [4.69, 9.17) is 4.74 Å². The molecule has 3 rings (SSSR count). The first-order valence-electron chi connectivity index (χ1n) is 8.89. The van der Waals surface area contributed by atoms with Crippen molar-refractivity contribution in [3.05, 3.63) is 0 Å². The van der Waals surface area contributed by atoms with Gasteiger partial charge in [-0.3, -0.25) is 9.69 Å². The second-order valence-corrected chi connectivity index (χ2v) is 7.52. The van der Waals surface area contributed by atoms with E-state index in [9.17, 15) is 9.90 Å². The number of aliphatic hydroxyl groups is 1. The van der Waals surface area contributed by atoms with Gasteiger partial charge in [-0.2, -0.15) is 0 Å². The molecule has 2 heterocycles. The molecule has 5 nitrogen and oxygen atoms in total. The summed E-state index contributed by atoms with van der Waals surface area (Å²) < 4.78 is 5.26. The topological polar surface area (TPSA) is 53.0 Å². The molecule has 0 unspecified atom stereocenters. The second kappa shape index (κ2) is 7.28. The van der Waals surface area contributed by atoms with Crippen LogP contribution in [-0.2, 0) is 9.53 Å². The zero-order valence-electron chi connectivity index (χ0n) is 13.6. The van der Waals surface area contributed by atoms with Crippen molar-refractivity contribution >= 4 is 5.91 Å². The SMILES string of the molecule is O=C(CC1CCCCC1)N1CCN(CC2(CO)COC2)CC1. The number of hydrogen-bond acceptors (Lipinski definition) is 4. The molecule has 1 N–H and O–H groups in total. The van der Waals surface area contributed by atoms with Crippen molar-refractivity contribution in [2.45, 2.75) is 38.5 Å². The van der Waals surface area contributed by atoms with E-state index in [-0.39, 0.29) is 12.0 Å². The van der Waals surface area contributed by atoms with Gasteiger partial charge in [-0.05, 0) is 18.8 Å². The number of ether oxygens (including phenoxy) is 1. The number of piperazine rings is 1. The summed E-state index contributed by atoms with van der Waals surface area (Å²) in [7, 11) is 0. The Balaban J connectivity index is 1.40. The van der Waals surface area contributed by atoms with Crippen LogP contribution in [0, 0.1) is 11.3 Å². The van der Waals surface area contributed by atoms with E-state index in [0.29, 0.717) is 25.0 Å². The Morgan fingerprint density at radius 3 is 2.32 bits per heavy atom. The number of aliphatic hydroxyl groups excluding tert-OH is 1.